The first-order chi connectivity index (χ1) is 12.1. The first-order valence-corrected chi connectivity index (χ1v) is 9.08. The second-order valence-corrected chi connectivity index (χ2v) is 6.67. The zero-order valence-corrected chi connectivity index (χ0v) is 16.3. The lowest BCUT2D eigenvalue weighted by Gasteiger charge is -2.21. The minimum Gasteiger partial charge on any atom is -0.382 e. The van der Waals surface area contributed by atoms with E-state index in [-0.39, 0.29) is 0 Å². The third-order valence-electron chi connectivity index (χ3n) is 4.90. The molecule has 1 aromatic heterocycles. The van der Waals surface area contributed by atoms with Crippen molar-refractivity contribution in [2.75, 3.05) is 53.6 Å². The van der Waals surface area contributed by atoms with Crippen LogP contribution in [0, 0.1) is 19.8 Å². The molecule has 1 aliphatic heterocycles. The minimum atomic E-state index is 0.568. The second-order valence-electron chi connectivity index (χ2n) is 6.67. The van der Waals surface area contributed by atoms with Crippen molar-refractivity contribution in [1.29, 1.82) is 0 Å². The molecule has 0 amide bonds. The van der Waals surface area contributed by atoms with E-state index in [2.05, 4.69) is 34.2 Å². The van der Waals surface area contributed by atoms with E-state index in [4.69, 9.17) is 9.47 Å². The molecular formula is C18H33N5O2. The Morgan fingerprint density at radius 2 is 2.16 bits per heavy atom. The zero-order valence-electron chi connectivity index (χ0n) is 16.3. The molecule has 1 atom stereocenters. The molecule has 1 N–H and O–H groups in total. The van der Waals surface area contributed by atoms with Crippen LogP contribution in [0.4, 0.5) is 0 Å². The number of aromatic nitrogens is 2. The Balaban J connectivity index is 1.75. The van der Waals surface area contributed by atoms with Crippen LogP contribution in [0.1, 0.15) is 23.4 Å². The predicted molar refractivity (Wildman–Crippen MR) is 100 cm³/mol. The maximum absolute atomic E-state index is 5.67. The Labute approximate surface area is 151 Å². The summed E-state index contributed by atoms with van der Waals surface area (Å²) in [4.78, 5) is 6.77. The molecule has 7 heteroatoms. The van der Waals surface area contributed by atoms with E-state index in [1.54, 1.807) is 7.11 Å². The highest BCUT2D eigenvalue weighted by atomic mass is 16.5. The highest BCUT2D eigenvalue weighted by Crippen LogP contribution is 2.17. The van der Waals surface area contributed by atoms with Crippen molar-refractivity contribution in [2.45, 2.75) is 26.7 Å². The Kier molecular flexibility index (Phi) is 7.71. The van der Waals surface area contributed by atoms with Gasteiger partial charge in [-0.05, 0) is 32.3 Å². The van der Waals surface area contributed by atoms with Crippen molar-refractivity contribution in [1.82, 2.24) is 20.0 Å². The molecule has 1 aromatic rings. The van der Waals surface area contributed by atoms with Crippen LogP contribution in [0.5, 0.6) is 0 Å². The van der Waals surface area contributed by atoms with Gasteiger partial charge in [-0.25, -0.2) is 0 Å². The molecule has 1 aliphatic rings. The summed E-state index contributed by atoms with van der Waals surface area (Å²) in [6.45, 7) is 9.22. The molecular weight excluding hydrogens is 318 g/mol. The van der Waals surface area contributed by atoms with Crippen molar-refractivity contribution < 1.29 is 9.47 Å². The van der Waals surface area contributed by atoms with Crippen LogP contribution in [-0.4, -0.2) is 74.3 Å². The molecule has 142 valence electrons. The molecule has 7 nitrogen and oxygen atoms in total. The van der Waals surface area contributed by atoms with E-state index in [1.807, 2.05) is 18.8 Å². The van der Waals surface area contributed by atoms with Gasteiger partial charge in [0.15, 0.2) is 5.96 Å². The van der Waals surface area contributed by atoms with Crippen molar-refractivity contribution in [3.05, 3.63) is 17.0 Å². The first kappa shape index (κ1) is 19.7. The minimum absolute atomic E-state index is 0.568. The van der Waals surface area contributed by atoms with Crippen LogP contribution < -0.4 is 5.32 Å². The Hall–Kier alpha value is -1.60. The van der Waals surface area contributed by atoms with Gasteiger partial charge >= 0.3 is 0 Å². The monoisotopic (exact) mass is 351 g/mol. The fourth-order valence-electron chi connectivity index (χ4n) is 3.36. The number of rotatable bonds is 8. The average Bonchev–Trinajstić information content (AvgIpc) is 3.15. The van der Waals surface area contributed by atoms with Gasteiger partial charge in [-0.15, -0.1) is 0 Å². The van der Waals surface area contributed by atoms with Crippen molar-refractivity contribution in [3.8, 4) is 0 Å². The maximum atomic E-state index is 5.67. The van der Waals surface area contributed by atoms with Gasteiger partial charge in [-0.1, -0.05) is 0 Å². The van der Waals surface area contributed by atoms with Gasteiger partial charge in [0.25, 0.3) is 0 Å². The molecule has 2 heterocycles. The molecule has 2 rings (SSSR count). The quantitative estimate of drug-likeness (QED) is 0.432. The standard InChI is InChI=1S/C18H33N5O2/c1-14-17(15(2)22(4)21-14)6-8-20-18(19-3)23-9-7-16(12-23)13-25-11-10-24-5/h16H,6-13H2,1-5H3,(H,19,20). The van der Waals surface area contributed by atoms with E-state index < -0.39 is 0 Å². The first-order valence-electron chi connectivity index (χ1n) is 9.08. The van der Waals surface area contributed by atoms with E-state index >= 15 is 0 Å². The summed E-state index contributed by atoms with van der Waals surface area (Å²) in [5, 5.41) is 7.98. The van der Waals surface area contributed by atoms with Crippen molar-refractivity contribution in [2.24, 2.45) is 18.0 Å². The van der Waals surface area contributed by atoms with Gasteiger partial charge in [-0.2, -0.15) is 5.10 Å². The number of ether oxygens (including phenoxy) is 2. The van der Waals surface area contributed by atoms with Gasteiger partial charge in [0.05, 0.1) is 25.5 Å². The number of likely N-dealkylation sites (tertiary alicyclic amines) is 1. The van der Waals surface area contributed by atoms with Crippen molar-refractivity contribution >= 4 is 5.96 Å². The third kappa shape index (κ3) is 5.44. The Morgan fingerprint density at radius 1 is 1.36 bits per heavy atom. The molecule has 1 unspecified atom stereocenters. The van der Waals surface area contributed by atoms with Crippen LogP contribution >= 0.6 is 0 Å². The van der Waals surface area contributed by atoms with Crippen molar-refractivity contribution in [3.63, 3.8) is 0 Å². The Bertz CT molecular complexity index is 570. The Morgan fingerprint density at radius 3 is 2.80 bits per heavy atom. The summed E-state index contributed by atoms with van der Waals surface area (Å²) in [6, 6.07) is 0. The van der Waals surface area contributed by atoms with Gasteiger partial charge in [0.2, 0.25) is 0 Å². The molecule has 25 heavy (non-hydrogen) atoms. The lowest BCUT2D eigenvalue weighted by Crippen LogP contribution is -2.41. The average molecular weight is 351 g/mol. The van der Waals surface area contributed by atoms with E-state index in [1.165, 1.54) is 11.3 Å². The largest absolute Gasteiger partial charge is 0.382 e. The fourth-order valence-corrected chi connectivity index (χ4v) is 3.36. The van der Waals surface area contributed by atoms with Crippen LogP contribution in [0.25, 0.3) is 0 Å². The number of nitrogens with one attached hydrogen (secondary N) is 1. The van der Waals surface area contributed by atoms with Crippen LogP contribution in [0.2, 0.25) is 0 Å². The lowest BCUT2D eigenvalue weighted by atomic mass is 10.1. The summed E-state index contributed by atoms with van der Waals surface area (Å²) in [5.41, 5.74) is 3.69. The number of aliphatic imine (C=N–C) groups is 1. The summed E-state index contributed by atoms with van der Waals surface area (Å²) in [7, 11) is 5.55. The van der Waals surface area contributed by atoms with E-state index in [0.29, 0.717) is 19.1 Å². The molecule has 0 aliphatic carbocycles. The van der Waals surface area contributed by atoms with Gasteiger partial charge in [0, 0.05) is 52.5 Å². The highest BCUT2D eigenvalue weighted by Gasteiger charge is 2.24. The fraction of sp³-hybridized carbons (Fsp3) is 0.778. The number of hydrogen-bond donors (Lipinski definition) is 1. The molecule has 0 spiro atoms. The molecule has 1 saturated heterocycles. The molecule has 0 saturated carbocycles. The second kappa shape index (κ2) is 9.77. The SMILES string of the molecule is CN=C(NCCc1c(C)nn(C)c1C)N1CCC(COCCOC)C1. The normalized spacial score (nSPS) is 18.2. The van der Waals surface area contributed by atoms with Gasteiger partial charge in [0.1, 0.15) is 0 Å². The van der Waals surface area contributed by atoms with Gasteiger partial charge < -0.3 is 19.7 Å². The molecule has 0 bridgehead atoms. The molecule has 0 radical (unpaired) electrons. The van der Waals surface area contributed by atoms with Gasteiger partial charge in [-0.3, -0.25) is 9.67 Å². The maximum Gasteiger partial charge on any atom is 0.193 e. The number of aryl methyl sites for hydroxylation is 2. The topological polar surface area (TPSA) is 63.9 Å². The van der Waals surface area contributed by atoms with Crippen LogP contribution in [0.3, 0.4) is 0 Å². The van der Waals surface area contributed by atoms with E-state index in [9.17, 15) is 0 Å². The summed E-state index contributed by atoms with van der Waals surface area (Å²) in [5.74, 6) is 1.55. The summed E-state index contributed by atoms with van der Waals surface area (Å²) >= 11 is 0. The summed E-state index contributed by atoms with van der Waals surface area (Å²) in [6.07, 6.45) is 2.11. The smallest absolute Gasteiger partial charge is 0.193 e. The predicted octanol–water partition coefficient (Wildman–Crippen LogP) is 1.14. The highest BCUT2D eigenvalue weighted by molar-refractivity contribution is 5.80. The number of nitrogens with zero attached hydrogens (tertiary/aromatic N) is 4. The lowest BCUT2D eigenvalue weighted by molar-refractivity contribution is 0.0536. The van der Waals surface area contributed by atoms with Crippen LogP contribution in [-0.2, 0) is 22.9 Å². The third-order valence-corrected chi connectivity index (χ3v) is 4.90. The summed E-state index contributed by atoms with van der Waals surface area (Å²) < 4.78 is 12.6. The molecule has 0 aromatic carbocycles. The van der Waals surface area contributed by atoms with E-state index in [0.717, 1.165) is 50.7 Å². The molecule has 1 fully saturated rings. The zero-order chi connectivity index (χ0) is 18.2. The number of hydrogen-bond acceptors (Lipinski definition) is 4. The number of guanidine groups is 1. The number of methoxy groups -OCH3 is 1. The van der Waals surface area contributed by atoms with Crippen LogP contribution in [0.15, 0.2) is 4.99 Å².